The Morgan fingerprint density at radius 1 is 0.262 bits per heavy atom. The summed E-state index contributed by atoms with van der Waals surface area (Å²) in [4.78, 5) is 10.3. The van der Waals surface area contributed by atoms with E-state index in [0.29, 0.717) is 0 Å². The molecule has 4 heterocycles. The zero-order chi connectivity index (χ0) is 42.8. The van der Waals surface area contributed by atoms with Crippen LogP contribution in [0.5, 0.6) is 0 Å². The highest BCUT2D eigenvalue weighted by Gasteiger charge is 2.19. The van der Waals surface area contributed by atoms with E-state index >= 15 is 0 Å². The Morgan fingerprint density at radius 2 is 0.723 bits per heavy atom. The topological polar surface area (TPSA) is 40.6 Å². The summed E-state index contributed by atoms with van der Waals surface area (Å²) in [6, 6.07) is 80.5. The molecule has 65 heavy (non-hydrogen) atoms. The van der Waals surface area contributed by atoms with Crippen LogP contribution in [0.2, 0.25) is 0 Å². The predicted octanol–water partition coefficient (Wildman–Crippen LogP) is 15.3. The van der Waals surface area contributed by atoms with Crippen LogP contribution < -0.4 is 0 Å². The first-order valence-electron chi connectivity index (χ1n) is 22.1. The van der Waals surface area contributed by atoms with Crippen LogP contribution in [0.25, 0.3) is 116 Å². The number of aromatic nitrogens is 5. The van der Waals surface area contributed by atoms with E-state index in [1.165, 1.54) is 43.6 Å². The fourth-order valence-electron chi connectivity index (χ4n) is 9.94. The van der Waals surface area contributed by atoms with Crippen LogP contribution in [0, 0.1) is 0 Å². The highest BCUT2D eigenvalue weighted by atomic mass is 15.1. The number of hydrogen-bond acceptors (Lipinski definition) is 2. The lowest BCUT2D eigenvalue weighted by Gasteiger charge is -2.14. The monoisotopic (exact) mass is 829 g/mol. The van der Waals surface area contributed by atoms with Crippen LogP contribution in [0.4, 0.5) is 0 Å². The van der Waals surface area contributed by atoms with Gasteiger partial charge in [-0.15, -0.1) is 0 Å². The van der Waals surface area contributed by atoms with Gasteiger partial charge in [0.05, 0.1) is 33.1 Å². The number of benzene rings is 9. The maximum Gasteiger partial charge on any atom is 0.145 e. The minimum Gasteiger partial charge on any atom is -0.309 e. The predicted molar refractivity (Wildman–Crippen MR) is 269 cm³/mol. The number of pyridine rings is 1. The Bertz CT molecular complexity index is 3890. The van der Waals surface area contributed by atoms with Crippen LogP contribution in [0.15, 0.2) is 237 Å². The van der Waals surface area contributed by atoms with Gasteiger partial charge < -0.3 is 9.13 Å². The summed E-state index contributed by atoms with van der Waals surface area (Å²) < 4.78 is 7.02. The fraction of sp³-hybridized carbons (Fsp3) is 0. The van der Waals surface area contributed by atoms with Gasteiger partial charge in [-0.1, -0.05) is 121 Å². The third-order valence-electron chi connectivity index (χ3n) is 12.9. The van der Waals surface area contributed by atoms with E-state index < -0.39 is 0 Å². The SMILES string of the molecule is c1ccc(-n2c(-c3cc(-c4cncc(-c5cccc(-n6c7ccccc7c7ccccc76)c5)c4)cc(-c4ccc5c(c4)c4ccccc4n5-c4ccccc4)c3)nc3ccccc32)cc1. The van der Waals surface area contributed by atoms with Gasteiger partial charge in [-0.2, -0.15) is 0 Å². The molecule has 4 aromatic heterocycles. The molecule has 0 atom stereocenters. The molecular formula is C60H39N5. The minimum absolute atomic E-state index is 0.880. The molecule has 0 N–H and O–H groups in total. The van der Waals surface area contributed by atoms with E-state index in [1.807, 2.05) is 12.4 Å². The molecule has 0 aliphatic rings. The summed E-state index contributed by atoms with van der Waals surface area (Å²) in [5, 5.41) is 4.91. The zero-order valence-electron chi connectivity index (χ0n) is 35.3. The van der Waals surface area contributed by atoms with E-state index in [-0.39, 0.29) is 0 Å². The minimum atomic E-state index is 0.880. The van der Waals surface area contributed by atoms with E-state index in [1.54, 1.807) is 0 Å². The van der Waals surface area contributed by atoms with Gasteiger partial charge in [0.15, 0.2) is 0 Å². The number of fused-ring (bicyclic) bond motifs is 7. The molecule has 0 saturated carbocycles. The van der Waals surface area contributed by atoms with E-state index in [4.69, 9.17) is 9.97 Å². The van der Waals surface area contributed by atoms with Crippen LogP contribution >= 0.6 is 0 Å². The number of rotatable bonds is 7. The van der Waals surface area contributed by atoms with Crippen LogP contribution in [-0.4, -0.2) is 23.7 Å². The maximum absolute atomic E-state index is 5.34. The molecule has 0 amide bonds. The van der Waals surface area contributed by atoms with Crippen LogP contribution in [-0.2, 0) is 0 Å². The number of para-hydroxylation sites is 7. The lowest BCUT2D eigenvalue weighted by atomic mass is 9.94. The number of nitrogens with zero attached hydrogens (tertiary/aromatic N) is 5. The first-order valence-corrected chi connectivity index (χ1v) is 22.1. The van der Waals surface area contributed by atoms with Crippen molar-refractivity contribution < 1.29 is 0 Å². The second kappa shape index (κ2) is 14.9. The molecule has 0 fully saturated rings. The molecule has 5 heteroatoms. The van der Waals surface area contributed by atoms with Crippen molar-refractivity contribution in [1.82, 2.24) is 23.7 Å². The summed E-state index contributed by atoms with van der Waals surface area (Å²) in [6.45, 7) is 0. The summed E-state index contributed by atoms with van der Waals surface area (Å²) in [6.07, 6.45) is 3.96. The molecule has 304 valence electrons. The lowest BCUT2D eigenvalue weighted by Crippen LogP contribution is -1.98. The third kappa shape index (κ3) is 6.09. The molecular weight excluding hydrogens is 791 g/mol. The lowest BCUT2D eigenvalue weighted by molar-refractivity contribution is 1.10. The molecule has 0 spiro atoms. The summed E-state index contributed by atoms with van der Waals surface area (Å²) in [5.41, 5.74) is 17.5. The van der Waals surface area contributed by atoms with Gasteiger partial charge in [-0.05, 0) is 125 Å². The van der Waals surface area contributed by atoms with Gasteiger partial charge in [-0.25, -0.2) is 4.98 Å². The zero-order valence-corrected chi connectivity index (χ0v) is 35.3. The van der Waals surface area contributed by atoms with Crippen molar-refractivity contribution >= 4 is 54.6 Å². The molecule has 0 unspecified atom stereocenters. The Balaban J connectivity index is 1.00. The van der Waals surface area contributed by atoms with Gasteiger partial charge >= 0.3 is 0 Å². The van der Waals surface area contributed by atoms with E-state index in [9.17, 15) is 0 Å². The first kappa shape index (κ1) is 36.8. The molecule has 9 aromatic carbocycles. The quantitative estimate of drug-likeness (QED) is 0.161. The smallest absolute Gasteiger partial charge is 0.145 e. The van der Waals surface area contributed by atoms with Gasteiger partial charge in [0, 0.05) is 67.7 Å². The second-order valence-electron chi connectivity index (χ2n) is 16.7. The van der Waals surface area contributed by atoms with Crippen LogP contribution in [0.3, 0.4) is 0 Å². The van der Waals surface area contributed by atoms with E-state index in [0.717, 1.165) is 72.9 Å². The van der Waals surface area contributed by atoms with Gasteiger partial charge in [0.2, 0.25) is 0 Å². The van der Waals surface area contributed by atoms with Gasteiger partial charge in [0.25, 0.3) is 0 Å². The van der Waals surface area contributed by atoms with Crippen molar-refractivity contribution in [3.8, 4) is 61.8 Å². The molecule has 0 bridgehead atoms. The summed E-state index contributed by atoms with van der Waals surface area (Å²) >= 11 is 0. The average molecular weight is 830 g/mol. The van der Waals surface area contributed by atoms with Crippen molar-refractivity contribution in [2.45, 2.75) is 0 Å². The normalized spacial score (nSPS) is 11.7. The molecule has 0 saturated heterocycles. The first-order chi connectivity index (χ1) is 32.2. The largest absolute Gasteiger partial charge is 0.309 e. The van der Waals surface area contributed by atoms with Crippen molar-refractivity contribution in [3.63, 3.8) is 0 Å². The highest BCUT2D eigenvalue weighted by Crippen LogP contribution is 2.40. The average Bonchev–Trinajstić information content (AvgIpc) is 4.05. The van der Waals surface area contributed by atoms with E-state index in [2.05, 4.69) is 238 Å². The van der Waals surface area contributed by atoms with Crippen molar-refractivity contribution in [2.75, 3.05) is 0 Å². The Kier molecular flexibility index (Phi) is 8.46. The molecule has 0 aliphatic heterocycles. The molecule has 0 aliphatic carbocycles. The number of hydrogen-bond donors (Lipinski definition) is 0. The third-order valence-corrected chi connectivity index (χ3v) is 12.9. The van der Waals surface area contributed by atoms with Crippen molar-refractivity contribution in [3.05, 3.63) is 237 Å². The maximum atomic E-state index is 5.34. The summed E-state index contributed by atoms with van der Waals surface area (Å²) in [5.74, 6) is 0.880. The second-order valence-corrected chi connectivity index (χ2v) is 16.7. The molecule has 13 rings (SSSR count). The Hall–Kier alpha value is -8.80. The van der Waals surface area contributed by atoms with Crippen molar-refractivity contribution in [1.29, 1.82) is 0 Å². The molecule has 13 aromatic rings. The molecule has 5 nitrogen and oxygen atoms in total. The van der Waals surface area contributed by atoms with Gasteiger partial charge in [0.1, 0.15) is 5.82 Å². The fourth-order valence-corrected chi connectivity index (χ4v) is 9.94. The Labute approximate surface area is 375 Å². The number of imidazole rings is 1. The van der Waals surface area contributed by atoms with Crippen molar-refractivity contribution in [2.24, 2.45) is 0 Å². The highest BCUT2D eigenvalue weighted by molar-refractivity contribution is 6.11. The molecule has 0 radical (unpaired) electrons. The van der Waals surface area contributed by atoms with Gasteiger partial charge in [-0.3, -0.25) is 9.55 Å². The Morgan fingerprint density at radius 3 is 1.40 bits per heavy atom. The van der Waals surface area contributed by atoms with Crippen LogP contribution in [0.1, 0.15) is 0 Å². The standard InChI is InChI=1S/C60H39N5/c1-3-17-47(18-4-1)63-57-28-13-9-24-52(57)53-37-41(30-31-58(53)63)42-32-43(34-44(33-42)60-62-54-25-10-14-29-59(54)65(60)48-19-5-2-6-20-48)46-35-45(38-61-39-46)40-16-15-21-49(36-40)64-55-26-11-7-22-50(55)51-23-8-12-27-56(51)64/h1-39H. The summed E-state index contributed by atoms with van der Waals surface area (Å²) in [7, 11) is 0.